The fraction of sp³-hybridized carbons (Fsp3) is 0.235. The van der Waals surface area contributed by atoms with Gasteiger partial charge in [-0.15, -0.1) is 0 Å². The molecule has 1 N–H and O–H groups in total. The zero-order valence-corrected chi connectivity index (χ0v) is 27.6. The highest BCUT2D eigenvalue weighted by Gasteiger charge is 2.34. The lowest BCUT2D eigenvalue weighted by atomic mass is 10.0. The number of carbonyl (C=O) groups is 2. The van der Waals surface area contributed by atoms with E-state index in [9.17, 15) is 18.0 Å². The molecule has 0 saturated heterocycles. The van der Waals surface area contributed by atoms with Crippen molar-refractivity contribution in [1.29, 1.82) is 0 Å². The molecule has 0 radical (unpaired) electrons. The van der Waals surface area contributed by atoms with E-state index < -0.39 is 28.5 Å². The Kier molecular flexibility index (Phi) is 12.0. The van der Waals surface area contributed by atoms with Crippen molar-refractivity contribution >= 4 is 55.1 Å². The molecule has 0 aliphatic rings. The average molecular weight is 697 g/mol. The monoisotopic (exact) mass is 695 g/mol. The quantitative estimate of drug-likeness (QED) is 0.146. The van der Waals surface area contributed by atoms with E-state index in [0.717, 1.165) is 32.7 Å². The van der Waals surface area contributed by atoms with E-state index in [0.29, 0.717) is 11.6 Å². The van der Waals surface area contributed by atoms with Crippen molar-refractivity contribution in [3.05, 3.63) is 130 Å². The van der Waals surface area contributed by atoms with Gasteiger partial charge in [-0.2, -0.15) is 0 Å². The van der Waals surface area contributed by atoms with Crippen LogP contribution in [0.5, 0.6) is 0 Å². The lowest BCUT2D eigenvalue weighted by Crippen LogP contribution is -2.53. The fourth-order valence-electron chi connectivity index (χ4n) is 4.75. The van der Waals surface area contributed by atoms with Gasteiger partial charge in [-0.05, 0) is 66.1 Å². The summed E-state index contributed by atoms with van der Waals surface area (Å²) >= 11 is 9.62. The van der Waals surface area contributed by atoms with E-state index in [1.54, 1.807) is 42.5 Å². The van der Waals surface area contributed by atoms with E-state index >= 15 is 0 Å². The molecule has 230 valence electrons. The van der Waals surface area contributed by atoms with Crippen LogP contribution in [0.2, 0.25) is 5.02 Å². The van der Waals surface area contributed by atoms with Crippen molar-refractivity contribution in [1.82, 2.24) is 10.2 Å². The zero-order valence-electron chi connectivity index (χ0n) is 24.4. The minimum atomic E-state index is -4.16. The number of hydrogen-bond donors (Lipinski definition) is 1. The van der Waals surface area contributed by atoms with Crippen molar-refractivity contribution in [2.75, 3.05) is 17.4 Å². The minimum Gasteiger partial charge on any atom is -0.354 e. The van der Waals surface area contributed by atoms with Crippen LogP contribution in [-0.2, 0) is 32.6 Å². The number of nitrogens with one attached hydrogen (secondary N) is 1. The summed E-state index contributed by atoms with van der Waals surface area (Å²) in [6.45, 7) is 2.07. The summed E-state index contributed by atoms with van der Waals surface area (Å²) in [7, 11) is -4.16. The first-order valence-corrected chi connectivity index (χ1v) is 17.0. The molecule has 0 aliphatic heterocycles. The van der Waals surface area contributed by atoms with Crippen molar-refractivity contribution in [3.63, 3.8) is 0 Å². The average Bonchev–Trinajstić information content (AvgIpc) is 3.03. The van der Waals surface area contributed by atoms with Crippen LogP contribution < -0.4 is 9.62 Å². The number of carbonyl (C=O) groups excluding carboxylic acids is 2. The summed E-state index contributed by atoms with van der Waals surface area (Å²) in [4.78, 5) is 29.7. The Morgan fingerprint density at radius 1 is 0.864 bits per heavy atom. The molecule has 4 rings (SSSR count). The third-order valence-electron chi connectivity index (χ3n) is 7.07. The normalized spacial score (nSPS) is 11.9. The molecule has 0 spiro atoms. The van der Waals surface area contributed by atoms with Gasteiger partial charge >= 0.3 is 0 Å². The Morgan fingerprint density at radius 2 is 1.50 bits per heavy atom. The van der Waals surface area contributed by atoms with Gasteiger partial charge in [0.1, 0.15) is 12.6 Å². The third kappa shape index (κ3) is 8.94. The van der Waals surface area contributed by atoms with E-state index in [-0.39, 0.29) is 29.5 Å². The Hall–Kier alpha value is -3.66. The van der Waals surface area contributed by atoms with Gasteiger partial charge in [0.25, 0.3) is 10.0 Å². The summed E-state index contributed by atoms with van der Waals surface area (Å²) in [6, 6.07) is 30.3. The summed E-state index contributed by atoms with van der Waals surface area (Å²) in [5, 5.41) is 3.43. The minimum absolute atomic E-state index is 0.0411. The van der Waals surface area contributed by atoms with Crippen LogP contribution >= 0.6 is 27.5 Å². The molecule has 0 aliphatic carbocycles. The van der Waals surface area contributed by atoms with Gasteiger partial charge in [0.15, 0.2) is 0 Å². The summed E-state index contributed by atoms with van der Waals surface area (Å²) in [5.74, 6) is -0.819. The smallest absolute Gasteiger partial charge is 0.264 e. The molecule has 0 heterocycles. The molecule has 7 nitrogen and oxygen atoms in total. The molecular formula is C34H35BrClN3O4S. The lowest BCUT2D eigenvalue weighted by molar-refractivity contribution is -0.140. The Bertz CT molecular complexity index is 1640. The maximum absolute atomic E-state index is 14.4. The predicted octanol–water partition coefficient (Wildman–Crippen LogP) is 6.85. The van der Waals surface area contributed by atoms with E-state index in [4.69, 9.17) is 11.6 Å². The molecule has 0 fully saturated rings. The topological polar surface area (TPSA) is 86.8 Å². The van der Waals surface area contributed by atoms with Gasteiger partial charge in [-0.25, -0.2) is 8.42 Å². The summed E-state index contributed by atoms with van der Waals surface area (Å²) < 4.78 is 29.9. The van der Waals surface area contributed by atoms with Crippen LogP contribution in [0.3, 0.4) is 0 Å². The van der Waals surface area contributed by atoms with Crippen LogP contribution in [0.15, 0.2) is 119 Å². The molecule has 1 unspecified atom stereocenters. The standard InChI is InChI=1S/C34H35BrClN3O4S/c1-2-3-21-37-34(41)32(23-26-11-6-4-7-12-26)38(24-27-13-10-14-28(35)22-27)33(40)25-39(30-19-17-29(36)18-20-30)44(42,43)31-15-8-5-9-16-31/h4-20,22,32H,2-3,21,23-25H2,1H3,(H,37,41). The summed E-state index contributed by atoms with van der Waals surface area (Å²) in [5.41, 5.74) is 1.94. The number of hydrogen-bond acceptors (Lipinski definition) is 4. The number of amides is 2. The van der Waals surface area contributed by atoms with Crippen LogP contribution in [0.4, 0.5) is 5.69 Å². The lowest BCUT2D eigenvalue weighted by Gasteiger charge is -2.34. The number of nitrogens with zero attached hydrogens (tertiary/aromatic N) is 2. The Balaban J connectivity index is 1.78. The van der Waals surface area contributed by atoms with Gasteiger partial charge in [0, 0.05) is 29.0 Å². The Morgan fingerprint density at radius 3 is 2.14 bits per heavy atom. The number of benzene rings is 4. The molecule has 4 aromatic rings. The maximum atomic E-state index is 14.4. The van der Waals surface area contributed by atoms with Gasteiger partial charge in [-0.3, -0.25) is 13.9 Å². The highest BCUT2D eigenvalue weighted by molar-refractivity contribution is 9.10. The van der Waals surface area contributed by atoms with Crippen LogP contribution in [0, 0.1) is 0 Å². The molecule has 2 amide bonds. The second-order valence-corrected chi connectivity index (χ2v) is 13.5. The first-order valence-electron chi connectivity index (χ1n) is 14.4. The van der Waals surface area contributed by atoms with Crippen molar-refractivity contribution < 1.29 is 18.0 Å². The van der Waals surface area contributed by atoms with E-state index in [2.05, 4.69) is 21.2 Å². The van der Waals surface area contributed by atoms with E-state index in [1.165, 1.54) is 17.0 Å². The highest BCUT2D eigenvalue weighted by Crippen LogP contribution is 2.26. The van der Waals surface area contributed by atoms with Crippen LogP contribution in [-0.4, -0.2) is 44.3 Å². The number of anilines is 1. The van der Waals surface area contributed by atoms with Crippen molar-refractivity contribution in [3.8, 4) is 0 Å². The molecule has 10 heteroatoms. The summed E-state index contributed by atoms with van der Waals surface area (Å²) in [6.07, 6.45) is 1.95. The maximum Gasteiger partial charge on any atom is 0.264 e. The molecule has 4 aromatic carbocycles. The molecule has 0 saturated carbocycles. The zero-order chi connectivity index (χ0) is 31.5. The number of rotatable bonds is 14. The SMILES string of the molecule is CCCCNC(=O)C(Cc1ccccc1)N(Cc1cccc(Br)c1)C(=O)CN(c1ccc(Cl)cc1)S(=O)(=O)c1ccccc1. The molecule has 0 bridgehead atoms. The molecule has 1 atom stereocenters. The van der Waals surface area contributed by atoms with E-state index in [1.807, 2.05) is 61.5 Å². The molecule has 0 aromatic heterocycles. The van der Waals surface area contributed by atoms with Crippen LogP contribution in [0.25, 0.3) is 0 Å². The van der Waals surface area contributed by atoms with Gasteiger partial charge in [0.05, 0.1) is 10.6 Å². The molecule has 44 heavy (non-hydrogen) atoms. The van der Waals surface area contributed by atoms with Crippen molar-refractivity contribution in [2.45, 2.75) is 43.7 Å². The second kappa shape index (κ2) is 15.9. The fourth-order valence-corrected chi connectivity index (χ4v) is 6.76. The first-order chi connectivity index (χ1) is 21.2. The van der Waals surface area contributed by atoms with Gasteiger partial charge in [-0.1, -0.05) is 102 Å². The number of unbranched alkanes of at least 4 members (excludes halogenated alkanes) is 1. The van der Waals surface area contributed by atoms with Gasteiger partial charge in [0.2, 0.25) is 11.8 Å². The number of halogens is 2. The largest absolute Gasteiger partial charge is 0.354 e. The first kappa shape index (κ1) is 33.2. The third-order valence-corrected chi connectivity index (χ3v) is 9.60. The number of sulfonamides is 1. The second-order valence-electron chi connectivity index (χ2n) is 10.3. The molecular weight excluding hydrogens is 662 g/mol. The van der Waals surface area contributed by atoms with Crippen LogP contribution in [0.1, 0.15) is 30.9 Å². The van der Waals surface area contributed by atoms with Crippen molar-refractivity contribution in [2.24, 2.45) is 0 Å². The van der Waals surface area contributed by atoms with Gasteiger partial charge < -0.3 is 10.2 Å². The Labute approximate surface area is 273 Å². The predicted molar refractivity (Wildman–Crippen MR) is 179 cm³/mol. The highest BCUT2D eigenvalue weighted by atomic mass is 79.9.